The zero-order chi connectivity index (χ0) is 30.7. The lowest BCUT2D eigenvalue weighted by atomic mass is 9.76. The molecule has 3 aliphatic heterocycles. The van der Waals surface area contributed by atoms with Crippen molar-refractivity contribution in [3.63, 3.8) is 0 Å². The average Bonchev–Trinajstić information content (AvgIpc) is 3.80. The topological polar surface area (TPSA) is 94.2 Å². The highest BCUT2D eigenvalue weighted by Crippen LogP contribution is 2.53. The SMILES string of the molecule is COc1ccc(C2(OCCN3CCCC3)OC(=O)C(c3ccc4c(c3)OCO4)C2Cc2cc(OC)c(OC)c(OC)c2)cc1. The molecule has 3 aromatic rings. The second kappa shape index (κ2) is 12.8. The molecule has 0 radical (unpaired) electrons. The first-order chi connectivity index (χ1) is 21.5. The van der Waals surface area contributed by atoms with Crippen molar-refractivity contribution in [2.45, 2.75) is 31.0 Å². The van der Waals surface area contributed by atoms with Crippen LogP contribution in [0.5, 0.6) is 34.5 Å². The molecule has 0 N–H and O–H groups in total. The van der Waals surface area contributed by atoms with E-state index in [4.69, 9.17) is 37.9 Å². The monoisotopic (exact) mass is 605 g/mol. The summed E-state index contributed by atoms with van der Waals surface area (Å²) in [4.78, 5) is 16.5. The number of esters is 1. The molecule has 3 atom stereocenters. The van der Waals surface area contributed by atoms with Gasteiger partial charge in [0.05, 0.1) is 46.9 Å². The van der Waals surface area contributed by atoms with Gasteiger partial charge in [-0.05, 0) is 92.0 Å². The number of cyclic esters (lactones) is 1. The molecule has 0 spiro atoms. The highest BCUT2D eigenvalue weighted by molar-refractivity contribution is 5.82. The van der Waals surface area contributed by atoms with Gasteiger partial charge in [0.15, 0.2) is 23.0 Å². The van der Waals surface area contributed by atoms with Crippen molar-refractivity contribution in [1.29, 1.82) is 0 Å². The first-order valence-corrected chi connectivity index (χ1v) is 14.9. The molecule has 3 unspecified atom stereocenters. The van der Waals surface area contributed by atoms with Gasteiger partial charge in [-0.25, -0.2) is 0 Å². The number of hydrogen-bond acceptors (Lipinski definition) is 10. The minimum Gasteiger partial charge on any atom is -0.497 e. The van der Waals surface area contributed by atoms with Crippen LogP contribution in [0.2, 0.25) is 0 Å². The van der Waals surface area contributed by atoms with Gasteiger partial charge in [0.2, 0.25) is 18.3 Å². The molecule has 234 valence electrons. The molecule has 3 aliphatic rings. The zero-order valence-electron chi connectivity index (χ0n) is 25.6. The van der Waals surface area contributed by atoms with Gasteiger partial charge in [-0.15, -0.1) is 0 Å². The largest absolute Gasteiger partial charge is 0.497 e. The van der Waals surface area contributed by atoms with E-state index in [-0.39, 0.29) is 12.8 Å². The number of nitrogens with zero attached hydrogens (tertiary/aromatic N) is 1. The number of likely N-dealkylation sites (tertiary alicyclic amines) is 1. The van der Waals surface area contributed by atoms with Crippen molar-refractivity contribution in [2.75, 3.05) is 61.5 Å². The Hall–Kier alpha value is -4.15. The molecule has 3 heterocycles. The molecule has 44 heavy (non-hydrogen) atoms. The van der Waals surface area contributed by atoms with Crippen molar-refractivity contribution in [2.24, 2.45) is 5.92 Å². The Bertz CT molecular complexity index is 1450. The third-order valence-corrected chi connectivity index (χ3v) is 8.75. The van der Waals surface area contributed by atoms with Gasteiger partial charge < -0.3 is 42.8 Å². The van der Waals surface area contributed by atoms with Gasteiger partial charge in [-0.1, -0.05) is 6.07 Å². The molecule has 0 aliphatic carbocycles. The van der Waals surface area contributed by atoms with Gasteiger partial charge in [-0.2, -0.15) is 0 Å². The van der Waals surface area contributed by atoms with E-state index >= 15 is 0 Å². The molecule has 3 aromatic carbocycles. The van der Waals surface area contributed by atoms with Crippen LogP contribution in [0.15, 0.2) is 54.6 Å². The zero-order valence-corrected chi connectivity index (χ0v) is 25.6. The Balaban J connectivity index is 1.46. The van der Waals surface area contributed by atoms with E-state index in [2.05, 4.69) is 4.90 Å². The predicted octanol–water partition coefficient (Wildman–Crippen LogP) is 4.91. The Morgan fingerprint density at radius 3 is 2.20 bits per heavy atom. The van der Waals surface area contributed by atoms with Crippen LogP contribution in [0.1, 0.15) is 35.4 Å². The molecular formula is C34H39NO9. The fourth-order valence-electron chi connectivity index (χ4n) is 6.56. The standard InChI is InChI=1S/C34H39NO9/c1-37-25-10-8-24(9-11-25)34(43-16-15-35-13-5-6-14-35)26(17-22-18-29(38-2)32(40-4)30(19-22)39-3)31(33(36)44-34)23-7-12-27-28(20-23)42-21-41-27/h7-12,18-20,26,31H,5-6,13-17,21H2,1-4H3. The highest BCUT2D eigenvalue weighted by atomic mass is 16.7. The number of methoxy groups -OCH3 is 4. The van der Waals surface area contributed by atoms with Crippen molar-refractivity contribution in [1.82, 2.24) is 4.90 Å². The summed E-state index contributed by atoms with van der Waals surface area (Å²) in [7, 11) is 6.36. The summed E-state index contributed by atoms with van der Waals surface area (Å²) in [6, 6.07) is 17.0. The number of hydrogen-bond donors (Lipinski definition) is 0. The Labute approximate surface area is 257 Å². The summed E-state index contributed by atoms with van der Waals surface area (Å²) < 4.78 is 46.8. The lowest BCUT2D eigenvalue weighted by Crippen LogP contribution is -2.40. The van der Waals surface area contributed by atoms with E-state index in [1.54, 1.807) is 28.4 Å². The molecule has 10 nitrogen and oxygen atoms in total. The van der Waals surface area contributed by atoms with Gasteiger partial charge in [-0.3, -0.25) is 4.79 Å². The van der Waals surface area contributed by atoms with Crippen LogP contribution in [0.25, 0.3) is 0 Å². The van der Waals surface area contributed by atoms with Gasteiger partial charge in [0, 0.05) is 12.1 Å². The van der Waals surface area contributed by atoms with Gasteiger partial charge in [0.1, 0.15) is 5.75 Å². The average molecular weight is 606 g/mol. The van der Waals surface area contributed by atoms with Gasteiger partial charge in [0.25, 0.3) is 0 Å². The first-order valence-electron chi connectivity index (χ1n) is 14.9. The van der Waals surface area contributed by atoms with Crippen LogP contribution >= 0.6 is 0 Å². The molecule has 0 amide bonds. The Morgan fingerprint density at radius 2 is 1.55 bits per heavy atom. The summed E-state index contributed by atoms with van der Waals surface area (Å²) in [5.41, 5.74) is 2.36. The summed E-state index contributed by atoms with van der Waals surface area (Å²) in [6.45, 7) is 3.33. The summed E-state index contributed by atoms with van der Waals surface area (Å²) in [5.74, 6) is 0.564. The van der Waals surface area contributed by atoms with E-state index < -0.39 is 17.6 Å². The lowest BCUT2D eigenvalue weighted by Gasteiger charge is -2.36. The molecule has 0 saturated carbocycles. The summed E-state index contributed by atoms with van der Waals surface area (Å²) in [6.07, 6.45) is 2.75. The van der Waals surface area contributed by atoms with Crippen LogP contribution in [-0.4, -0.2) is 72.3 Å². The minimum absolute atomic E-state index is 0.137. The second-order valence-corrected chi connectivity index (χ2v) is 11.1. The third kappa shape index (κ3) is 5.59. The molecule has 2 fully saturated rings. The fourth-order valence-corrected chi connectivity index (χ4v) is 6.56. The molecule has 0 aromatic heterocycles. The number of benzene rings is 3. The van der Waals surface area contributed by atoms with Crippen molar-refractivity contribution in [3.05, 3.63) is 71.3 Å². The number of carbonyl (C=O) groups excluding carboxylic acids is 1. The molecular weight excluding hydrogens is 566 g/mol. The third-order valence-electron chi connectivity index (χ3n) is 8.75. The van der Waals surface area contributed by atoms with Crippen molar-refractivity contribution < 1.29 is 42.7 Å². The highest BCUT2D eigenvalue weighted by Gasteiger charge is 2.58. The molecule has 6 rings (SSSR count). The van der Waals surface area contributed by atoms with E-state index in [0.29, 0.717) is 47.5 Å². The normalized spacial score (nSPS) is 22.6. The van der Waals surface area contributed by atoms with Crippen molar-refractivity contribution >= 4 is 5.97 Å². The van der Waals surface area contributed by atoms with Gasteiger partial charge >= 0.3 is 5.97 Å². The maximum atomic E-state index is 14.1. The van der Waals surface area contributed by atoms with Crippen LogP contribution in [0, 0.1) is 5.92 Å². The van der Waals surface area contributed by atoms with E-state index in [0.717, 1.165) is 36.3 Å². The Kier molecular flexibility index (Phi) is 8.72. The first kappa shape index (κ1) is 29.9. The summed E-state index contributed by atoms with van der Waals surface area (Å²) in [5, 5.41) is 0. The lowest BCUT2D eigenvalue weighted by molar-refractivity contribution is -0.238. The summed E-state index contributed by atoms with van der Waals surface area (Å²) >= 11 is 0. The maximum Gasteiger partial charge on any atom is 0.316 e. The number of fused-ring (bicyclic) bond motifs is 1. The molecule has 10 heteroatoms. The fraction of sp³-hybridized carbons (Fsp3) is 0.441. The van der Waals surface area contributed by atoms with Crippen LogP contribution in [0.4, 0.5) is 0 Å². The van der Waals surface area contributed by atoms with E-state index in [9.17, 15) is 4.79 Å². The van der Waals surface area contributed by atoms with Crippen LogP contribution in [-0.2, 0) is 26.5 Å². The second-order valence-electron chi connectivity index (χ2n) is 11.1. The predicted molar refractivity (Wildman–Crippen MR) is 161 cm³/mol. The maximum absolute atomic E-state index is 14.1. The smallest absolute Gasteiger partial charge is 0.316 e. The van der Waals surface area contributed by atoms with Crippen LogP contribution < -0.4 is 28.4 Å². The van der Waals surface area contributed by atoms with Crippen molar-refractivity contribution in [3.8, 4) is 34.5 Å². The van der Waals surface area contributed by atoms with Crippen LogP contribution in [0.3, 0.4) is 0 Å². The van der Waals surface area contributed by atoms with E-state index in [1.807, 2.05) is 54.6 Å². The molecule has 0 bridgehead atoms. The molecule has 2 saturated heterocycles. The Morgan fingerprint density at radius 1 is 0.841 bits per heavy atom. The number of ether oxygens (including phenoxy) is 8. The number of carbonyl (C=O) groups is 1. The minimum atomic E-state index is -1.38. The quantitative estimate of drug-likeness (QED) is 0.265. The number of rotatable bonds is 12. The van der Waals surface area contributed by atoms with E-state index in [1.165, 1.54) is 12.8 Å².